The van der Waals surface area contributed by atoms with Crippen molar-refractivity contribution in [2.75, 3.05) is 12.4 Å². The summed E-state index contributed by atoms with van der Waals surface area (Å²) in [6.07, 6.45) is 5.04. The van der Waals surface area contributed by atoms with Crippen LogP contribution < -0.4 is 11.1 Å². The summed E-state index contributed by atoms with van der Waals surface area (Å²) in [5.41, 5.74) is 7.85. The molecule has 0 aliphatic heterocycles. The lowest BCUT2D eigenvalue weighted by molar-refractivity contribution is -0.120. The number of hydrogen-bond acceptors (Lipinski definition) is 5. The first kappa shape index (κ1) is 23.0. The topological polar surface area (TPSA) is 98.5 Å². The van der Waals surface area contributed by atoms with Crippen molar-refractivity contribution in [3.8, 4) is 0 Å². The lowest BCUT2D eigenvalue weighted by Crippen LogP contribution is -2.28. The second-order valence-corrected chi connectivity index (χ2v) is 7.16. The predicted octanol–water partition coefficient (Wildman–Crippen LogP) is 3.52. The molecule has 6 heteroatoms. The van der Waals surface area contributed by atoms with E-state index < -0.39 is 12.0 Å². The summed E-state index contributed by atoms with van der Waals surface area (Å²) in [4.78, 5) is 35.9. The molecule has 2 aromatic rings. The minimum atomic E-state index is -0.528. The Morgan fingerprint density at radius 2 is 1.73 bits per heavy atom. The number of allylic oxidation sites excluding steroid dienone is 1. The van der Waals surface area contributed by atoms with Gasteiger partial charge in [-0.25, -0.2) is 4.79 Å². The molecule has 2 atom stereocenters. The van der Waals surface area contributed by atoms with Crippen LogP contribution in [0.2, 0.25) is 0 Å². The van der Waals surface area contributed by atoms with Crippen molar-refractivity contribution in [1.82, 2.24) is 0 Å². The summed E-state index contributed by atoms with van der Waals surface area (Å²) in [7, 11) is 1.31. The molecule has 0 unspecified atom stereocenters. The molecule has 0 aliphatic carbocycles. The molecule has 30 heavy (non-hydrogen) atoms. The van der Waals surface area contributed by atoms with Gasteiger partial charge in [-0.3, -0.25) is 9.59 Å². The van der Waals surface area contributed by atoms with Crippen molar-refractivity contribution in [3.63, 3.8) is 0 Å². The van der Waals surface area contributed by atoms with Crippen molar-refractivity contribution >= 4 is 23.3 Å². The maximum absolute atomic E-state index is 12.3. The van der Waals surface area contributed by atoms with E-state index in [1.165, 1.54) is 18.7 Å². The van der Waals surface area contributed by atoms with Crippen LogP contribution in [0.25, 0.3) is 0 Å². The van der Waals surface area contributed by atoms with Crippen LogP contribution in [-0.2, 0) is 20.7 Å². The fraction of sp³-hybridized carbons (Fsp3) is 0.292. The summed E-state index contributed by atoms with van der Waals surface area (Å²) in [6, 6.07) is 15.9. The average molecular weight is 408 g/mol. The Morgan fingerprint density at radius 3 is 2.33 bits per heavy atom. The van der Waals surface area contributed by atoms with Crippen LogP contribution in [-0.4, -0.2) is 30.8 Å². The molecule has 0 heterocycles. The van der Waals surface area contributed by atoms with Gasteiger partial charge in [0.25, 0.3) is 0 Å². The van der Waals surface area contributed by atoms with E-state index in [2.05, 4.69) is 10.1 Å². The van der Waals surface area contributed by atoms with Crippen LogP contribution in [0.5, 0.6) is 0 Å². The molecule has 1 amide bonds. The highest BCUT2D eigenvalue weighted by Gasteiger charge is 2.15. The SMILES string of the molecule is COC(=O)c1ccc(NC(=O)/C=C/[C@H](CCc2ccccc2)CC(=O)[C@H](C)N)cc1. The molecule has 3 N–H and O–H groups in total. The van der Waals surface area contributed by atoms with Crippen LogP contribution in [0.4, 0.5) is 5.69 Å². The number of carbonyl (C=O) groups excluding carboxylic acids is 3. The first-order chi connectivity index (χ1) is 14.4. The van der Waals surface area contributed by atoms with Gasteiger partial charge in [0.05, 0.1) is 18.7 Å². The molecule has 0 radical (unpaired) electrons. The Labute approximate surface area is 177 Å². The molecule has 6 nitrogen and oxygen atoms in total. The number of hydrogen-bond donors (Lipinski definition) is 2. The third kappa shape index (κ3) is 7.64. The zero-order chi connectivity index (χ0) is 21.9. The fourth-order valence-electron chi connectivity index (χ4n) is 2.92. The monoisotopic (exact) mass is 408 g/mol. The van der Waals surface area contributed by atoms with Gasteiger partial charge in [-0.2, -0.15) is 0 Å². The van der Waals surface area contributed by atoms with Crippen molar-refractivity contribution in [2.24, 2.45) is 11.7 Å². The van der Waals surface area contributed by atoms with Gasteiger partial charge >= 0.3 is 5.97 Å². The van der Waals surface area contributed by atoms with Gasteiger partial charge < -0.3 is 15.8 Å². The van der Waals surface area contributed by atoms with E-state index in [-0.39, 0.29) is 17.6 Å². The van der Waals surface area contributed by atoms with Crippen molar-refractivity contribution in [1.29, 1.82) is 0 Å². The number of benzene rings is 2. The van der Waals surface area contributed by atoms with Crippen LogP contribution in [0.15, 0.2) is 66.7 Å². The standard InChI is InChI=1S/C24H28N2O4/c1-17(25)22(27)16-19(9-8-18-6-4-3-5-7-18)10-15-23(28)26-21-13-11-20(12-14-21)24(29)30-2/h3-7,10-15,17,19H,8-9,16,25H2,1-2H3,(H,26,28)/b15-10+/t17-,19-/m0/s1. The summed E-state index contributed by atoms with van der Waals surface area (Å²) in [6.45, 7) is 1.67. The quantitative estimate of drug-likeness (QED) is 0.463. The smallest absolute Gasteiger partial charge is 0.337 e. The number of ether oxygens (including phenoxy) is 1. The van der Waals surface area contributed by atoms with Crippen LogP contribution in [0.3, 0.4) is 0 Å². The first-order valence-corrected chi connectivity index (χ1v) is 9.89. The number of methoxy groups -OCH3 is 1. The highest BCUT2D eigenvalue weighted by Crippen LogP contribution is 2.17. The summed E-state index contributed by atoms with van der Waals surface area (Å²) < 4.78 is 4.65. The van der Waals surface area contributed by atoms with Gasteiger partial charge in [0, 0.05) is 12.1 Å². The second kappa shape index (κ2) is 11.7. The molecule has 0 bridgehead atoms. The van der Waals surface area contributed by atoms with Gasteiger partial charge in [0.15, 0.2) is 0 Å². The number of aryl methyl sites for hydroxylation is 1. The molecule has 2 aromatic carbocycles. The molecule has 0 fully saturated rings. The summed E-state index contributed by atoms with van der Waals surface area (Å²) in [5, 5.41) is 2.74. The van der Waals surface area contributed by atoms with Crippen LogP contribution >= 0.6 is 0 Å². The first-order valence-electron chi connectivity index (χ1n) is 9.89. The van der Waals surface area contributed by atoms with Gasteiger partial charge in [0.1, 0.15) is 5.78 Å². The summed E-state index contributed by atoms with van der Waals surface area (Å²) in [5.74, 6) is -0.862. The molecule has 0 saturated carbocycles. The maximum atomic E-state index is 12.3. The maximum Gasteiger partial charge on any atom is 0.337 e. The number of amides is 1. The minimum Gasteiger partial charge on any atom is -0.465 e. The van der Waals surface area contributed by atoms with E-state index in [1.807, 2.05) is 30.3 Å². The van der Waals surface area contributed by atoms with E-state index in [1.54, 1.807) is 37.3 Å². The lowest BCUT2D eigenvalue weighted by atomic mass is 9.92. The van der Waals surface area contributed by atoms with Gasteiger partial charge in [-0.05, 0) is 61.6 Å². The number of esters is 1. The van der Waals surface area contributed by atoms with E-state index in [4.69, 9.17) is 5.73 Å². The largest absolute Gasteiger partial charge is 0.465 e. The number of carbonyl (C=O) groups is 3. The molecule has 0 aromatic heterocycles. The zero-order valence-electron chi connectivity index (χ0n) is 17.3. The van der Waals surface area contributed by atoms with E-state index in [0.29, 0.717) is 17.7 Å². The number of anilines is 1. The van der Waals surface area contributed by atoms with Crippen LogP contribution in [0, 0.1) is 5.92 Å². The Bertz CT molecular complexity index is 874. The van der Waals surface area contributed by atoms with Crippen molar-refractivity contribution in [3.05, 3.63) is 77.9 Å². The molecule has 0 saturated heterocycles. The number of rotatable bonds is 10. The third-order valence-electron chi connectivity index (χ3n) is 4.71. The zero-order valence-corrected chi connectivity index (χ0v) is 17.3. The average Bonchev–Trinajstić information content (AvgIpc) is 2.76. The van der Waals surface area contributed by atoms with Gasteiger partial charge in [-0.15, -0.1) is 0 Å². The Balaban J connectivity index is 1.98. The normalized spacial score (nSPS) is 12.9. The van der Waals surface area contributed by atoms with E-state index in [0.717, 1.165) is 12.8 Å². The highest BCUT2D eigenvalue weighted by atomic mass is 16.5. The minimum absolute atomic E-state index is 0.0310. The molecule has 158 valence electrons. The Morgan fingerprint density at radius 1 is 1.07 bits per heavy atom. The number of Topliss-reactive ketones (excluding diaryl/α,β-unsaturated/α-hetero) is 1. The van der Waals surface area contributed by atoms with Crippen molar-refractivity contribution in [2.45, 2.75) is 32.2 Å². The number of nitrogens with two attached hydrogens (primary N) is 1. The van der Waals surface area contributed by atoms with Crippen molar-refractivity contribution < 1.29 is 19.1 Å². The van der Waals surface area contributed by atoms with Gasteiger partial charge in [0.2, 0.25) is 5.91 Å². The molecule has 0 aliphatic rings. The fourth-order valence-corrected chi connectivity index (χ4v) is 2.92. The van der Waals surface area contributed by atoms with E-state index >= 15 is 0 Å². The summed E-state index contributed by atoms with van der Waals surface area (Å²) >= 11 is 0. The van der Waals surface area contributed by atoms with E-state index in [9.17, 15) is 14.4 Å². The predicted molar refractivity (Wildman–Crippen MR) is 117 cm³/mol. The Kier molecular flexibility index (Phi) is 8.97. The second-order valence-electron chi connectivity index (χ2n) is 7.16. The van der Waals surface area contributed by atoms with Crippen LogP contribution in [0.1, 0.15) is 35.7 Å². The lowest BCUT2D eigenvalue weighted by Gasteiger charge is -2.14. The molecule has 2 rings (SSSR count). The molecule has 0 spiro atoms. The number of nitrogens with one attached hydrogen (secondary N) is 1. The molecular formula is C24H28N2O4. The molecular weight excluding hydrogens is 380 g/mol. The van der Waals surface area contributed by atoms with Gasteiger partial charge in [-0.1, -0.05) is 36.4 Å². The highest BCUT2D eigenvalue weighted by molar-refractivity contribution is 5.99. The third-order valence-corrected chi connectivity index (χ3v) is 4.71. The number of ketones is 1. The Hall–Kier alpha value is -3.25.